The summed E-state index contributed by atoms with van der Waals surface area (Å²) in [6.07, 6.45) is 12.3. The Morgan fingerprint density at radius 1 is 0.880 bits per heavy atom. The van der Waals surface area contributed by atoms with Gasteiger partial charge in [0.15, 0.2) is 0 Å². The minimum Gasteiger partial charge on any atom is -0.393 e. The molecular formula is C22H37NO2. The Balaban J connectivity index is 1.28. The predicted octanol–water partition coefficient (Wildman–Crippen LogP) is 3.70. The molecule has 0 radical (unpaired) electrons. The highest BCUT2D eigenvalue weighted by Crippen LogP contribution is 2.62. The highest BCUT2D eigenvalue weighted by molar-refractivity contribution is 5.06. The van der Waals surface area contributed by atoms with E-state index in [9.17, 15) is 5.11 Å². The van der Waals surface area contributed by atoms with Crippen molar-refractivity contribution in [1.29, 1.82) is 0 Å². The second-order valence-electron chi connectivity index (χ2n) is 10.2. The molecule has 1 N–H and O–H groups in total. The van der Waals surface area contributed by atoms with E-state index in [1.54, 1.807) is 0 Å². The normalized spacial score (nSPS) is 53.8. The van der Waals surface area contributed by atoms with Crippen LogP contribution in [0.15, 0.2) is 0 Å². The molecule has 0 aromatic rings. The van der Waals surface area contributed by atoms with Crippen LogP contribution in [0.4, 0.5) is 0 Å². The lowest BCUT2D eigenvalue weighted by molar-refractivity contribution is -0.0912. The molecule has 8 unspecified atom stereocenters. The smallest absolute Gasteiger partial charge is 0.0596 e. The molecule has 5 rings (SSSR count). The molecule has 8 atom stereocenters. The van der Waals surface area contributed by atoms with Crippen LogP contribution < -0.4 is 0 Å². The number of hydrogen-bond acceptors (Lipinski definition) is 3. The van der Waals surface area contributed by atoms with Crippen molar-refractivity contribution in [2.75, 3.05) is 26.3 Å². The van der Waals surface area contributed by atoms with Gasteiger partial charge in [0.1, 0.15) is 0 Å². The third-order valence-corrected chi connectivity index (χ3v) is 9.44. The minimum absolute atomic E-state index is 0.0202. The highest BCUT2D eigenvalue weighted by Gasteiger charge is 2.56. The van der Waals surface area contributed by atoms with Gasteiger partial charge in [0.2, 0.25) is 0 Å². The Bertz CT molecular complexity index is 490. The summed E-state index contributed by atoms with van der Waals surface area (Å²) in [4.78, 5) is 2.73. The number of hydrogen-bond donors (Lipinski definition) is 1. The van der Waals surface area contributed by atoms with Crippen molar-refractivity contribution in [3.8, 4) is 0 Å². The highest BCUT2D eigenvalue weighted by atomic mass is 16.5. The van der Waals surface area contributed by atoms with E-state index in [0.717, 1.165) is 68.4 Å². The summed E-state index contributed by atoms with van der Waals surface area (Å²) in [6, 6.07) is 0.837. The van der Waals surface area contributed by atoms with Crippen molar-refractivity contribution in [2.24, 2.45) is 35.0 Å². The number of aliphatic hydroxyl groups excluding tert-OH is 1. The molecule has 4 saturated carbocycles. The standard InChI is InChI=1S/C22H37NO2/c1-22-9-8-18-17-5-3-16(23-10-12-25-13-11-23)14-15(17)2-4-19(18)20(22)6-7-21(22)24/h15-21,24H,2-14H2,1H3. The number of fused-ring (bicyclic) bond motifs is 5. The Labute approximate surface area is 153 Å². The molecule has 3 heteroatoms. The van der Waals surface area contributed by atoms with Crippen LogP contribution in [0, 0.1) is 35.0 Å². The predicted molar refractivity (Wildman–Crippen MR) is 99.3 cm³/mol. The maximum absolute atomic E-state index is 10.6. The summed E-state index contributed by atoms with van der Waals surface area (Å²) in [5.74, 6) is 4.71. The van der Waals surface area contributed by atoms with Gasteiger partial charge in [-0.1, -0.05) is 6.92 Å². The minimum atomic E-state index is -0.0202. The number of morpholine rings is 1. The third-order valence-electron chi connectivity index (χ3n) is 9.44. The zero-order chi connectivity index (χ0) is 17.0. The molecule has 3 nitrogen and oxygen atoms in total. The molecule has 142 valence electrons. The SMILES string of the molecule is CC12CCC3C4CCC(N5CCOCC5)CC4CCC3C1CCC2O. The second kappa shape index (κ2) is 6.49. The number of aliphatic hydroxyl groups is 1. The zero-order valence-corrected chi connectivity index (χ0v) is 16.0. The molecule has 0 bridgehead atoms. The van der Waals surface area contributed by atoms with E-state index in [1.807, 2.05) is 0 Å². The summed E-state index contributed by atoms with van der Waals surface area (Å²) in [7, 11) is 0. The molecule has 0 aromatic heterocycles. The third kappa shape index (κ3) is 2.72. The van der Waals surface area contributed by atoms with E-state index >= 15 is 0 Å². The van der Waals surface area contributed by atoms with E-state index < -0.39 is 0 Å². The monoisotopic (exact) mass is 347 g/mol. The topological polar surface area (TPSA) is 32.7 Å². The van der Waals surface area contributed by atoms with E-state index in [2.05, 4.69) is 11.8 Å². The van der Waals surface area contributed by atoms with Crippen LogP contribution in [0.1, 0.15) is 64.7 Å². The van der Waals surface area contributed by atoms with Gasteiger partial charge in [0.25, 0.3) is 0 Å². The number of rotatable bonds is 1. The lowest BCUT2D eigenvalue weighted by atomic mass is 9.50. The first-order valence-electron chi connectivity index (χ1n) is 11.2. The molecule has 1 heterocycles. The van der Waals surface area contributed by atoms with Gasteiger partial charge in [0, 0.05) is 19.1 Å². The van der Waals surface area contributed by atoms with Crippen LogP contribution in [0.25, 0.3) is 0 Å². The fraction of sp³-hybridized carbons (Fsp3) is 1.00. The van der Waals surface area contributed by atoms with E-state index in [4.69, 9.17) is 4.74 Å². The van der Waals surface area contributed by atoms with Gasteiger partial charge in [-0.3, -0.25) is 4.90 Å². The van der Waals surface area contributed by atoms with Crippen LogP contribution in [0.3, 0.4) is 0 Å². The molecule has 0 spiro atoms. The van der Waals surface area contributed by atoms with Gasteiger partial charge in [-0.25, -0.2) is 0 Å². The molecule has 1 aliphatic heterocycles. The first-order chi connectivity index (χ1) is 12.2. The van der Waals surface area contributed by atoms with Gasteiger partial charge in [-0.05, 0) is 92.8 Å². The van der Waals surface area contributed by atoms with Gasteiger partial charge >= 0.3 is 0 Å². The van der Waals surface area contributed by atoms with Crippen molar-refractivity contribution in [1.82, 2.24) is 4.90 Å². The van der Waals surface area contributed by atoms with E-state index in [-0.39, 0.29) is 11.5 Å². The lowest BCUT2D eigenvalue weighted by Crippen LogP contribution is -2.52. The summed E-state index contributed by atoms with van der Waals surface area (Å²) in [5.41, 5.74) is 0.249. The van der Waals surface area contributed by atoms with Crippen LogP contribution in [0.2, 0.25) is 0 Å². The van der Waals surface area contributed by atoms with Crippen LogP contribution >= 0.6 is 0 Å². The van der Waals surface area contributed by atoms with Crippen LogP contribution in [-0.2, 0) is 4.74 Å². The molecule has 1 saturated heterocycles. The summed E-state index contributed by atoms with van der Waals surface area (Å²) in [6.45, 7) is 6.61. The lowest BCUT2D eigenvalue weighted by Gasteiger charge is -2.56. The molecule has 5 fully saturated rings. The fourth-order valence-corrected chi connectivity index (χ4v) is 8.08. The van der Waals surface area contributed by atoms with Crippen molar-refractivity contribution >= 4 is 0 Å². The Kier molecular flexibility index (Phi) is 4.42. The van der Waals surface area contributed by atoms with Crippen molar-refractivity contribution in [3.05, 3.63) is 0 Å². The average molecular weight is 348 g/mol. The van der Waals surface area contributed by atoms with E-state index in [1.165, 1.54) is 51.4 Å². The Morgan fingerprint density at radius 3 is 2.52 bits per heavy atom. The van der Waals surface area contributed by atoms with Gasteiger partial charge in [-0.2, -0.15) is 0 Å². The largest absolute Gasteiger partial charge is 0.393 e. The molecular weight excluding hydrogens is 310 g/mol. The maximum Gasteiger partial charge on any atom is 0.0596 e. The molecule has 25 heavy (non-hydrogen) atoms. The Morgan fingerprint density at radius 2 is 1.68 bits per heavy atom. The van der Waals surface area contributed by atoms with Gasteiger partial charge in [-0.15, -0.1) is 0 Å². The van der Waals surface area contributed by atoms with Gasteiger partial charge < -0.3 is 9.84 Å². The molecule has 0 aromatic carbocycles. The quantitative estimate of drug-likeness (QED) is 0.785. The second-order valence-corrected chi connectivity index (χ2v) is 10.2. The van der Waals surface area contributed by atoms with Crippen LogP contribution in [-0.4, -0.2) is 48.5 Å². The van der Waals surface area contributed by atoms with Gasteiger partial charge in [0.05, 0.1) is 19.3 Å². The molecule has 5 aliphatic rings. The fourth-order valence-electron chi connectivity index (χ4n) is 8.08. The first kappa shape index (κ1) is 17.0. The number of nitrogens with zero attached hydrogens (tertiary/aromatic N) is 1. The van der Waals surface area contributed by atoms with Crippen LogP contribution in [0.5, 0.6) is 0 Å². The molecule has 0 amide bonds. The molecule has 4 aliphatic carbocycles. The van der Waals surface area contributed by atoms with Crippen molar-refractivity contribution < 1.29 is 9.84 Å². The number of ether oxygens (including phenoxy) is 1. The van der Waals surface area contributed by atoms with Crippen molar-refractivity contribution in [2.45, 2.75) is 76.9 Å². The first-order valence-corrected chi connectivity index (χ1v) is 11.2. The average Bonchev–Trinajstić information content (AvgIpc) is 2.97. The maximum atomic E-state index is 10.6. The summed E-state index contributed by atoms with van der Waals surface area (Å²) >= 11 is 0. The van der Waals surface area contributed by atoms with E-state index in [0.29, 0.717) is 0 Å². The summed E-state index contributed by atoms with van der Waals surface area (Å²) < 4.78 is 5.56. The zero-order valence-electron chi connectivity index (χ0n) is 16.0. The Hall–Kier alpha value is -0.120. The summed E-state index contributed by atoms with van der Waals surface area (Å²) in [5, 5.41) is 10.6. The van der Waals surface area contributed by atoms with Crippen molar-refractivity contribution in [3.63, 3.8) is 0 Å².